The maximum Gasteiger partial charge on any atom is 0.243 e. The van der Waals surface area contributed by atoms with Crippen LogP contribution in [0, 0.1) is 0 Å². The van der Waals surface area contributed by atoms with Gasteiger partial charge in [-0.2, -0.15) is 4.31 Å². The summed E-state index contributed by atoms with van der Waals surface area (Å²) < 4.78 is 28.7. The first-order valence-electron chi connectivity index (χ1n) is 6.25. The second kappa shape index (κ2) is 4.88. The molecule has 0 atom stereocenters. The molecule has 8 heteroatoms. The number of aromatic nitrogens is 3. The summed E-state index contributed by atoms with van der Waals surface area (Å²) in [6.07, 6.45) is 5.05. The van der Waals surface area contributed by atoms with Crippen molar-refractivity contribution in [1.29, 1.82) is 0 Å². The molecule has 3 heterocycles. The van der Waals surface area contributed by atoms with Crippen LogP contribution in [0.15, 0.2) is 35.6 Å². The summed E-state index contributed by atoms with van der Waals surface area (Å²) in [6, 6.07) is 3.05. The number of pyridine rings is 1. The number of sulfonamides is 1. The molecule has 3 rings (SSSR count). The Morgan fingerprint density at radius 1 is 1.25 bits per heavy atom. The van der Waals surface area contributed by atoms with E-state index in [1.54, 1.807) is 13.2 Å². The molecule has 106 valence electrons. The Kier molecular flexibility index (Phi) is 3.19. The lowest BCUT2D eigenvalue weighted by Crippen LogP contribution is -2.38. The average molecular weight is 293 g/mol. The molecule has 0 aliphatic carbocycles. The number of hydrogen-bond donors (Lipinski definition) is 1. The third-order valence-electron chi connectivity index (χ3n) is 3.34. The first-order chi connectivity index (χ1) is 9.61. The van der Waals surface area contributed by atoms with Crippen molar-refractivity contribution in [3.05, 3.63) is 36.5 Å². The number of rotatable bonds is 3. The van der Waals surface area contributed by atoms with Gasteiger partial charge in [-0.1, -0.05) is 0 Å². The van der Waals surface area contributed by atoms with Crippen molar-refractivity contribution in [1.82, 2.24) is 18.8 Å². The normalized spacial score (nSPS) is 15.8. The molecular formula is C12H15N5O2S. The van der Waals surface area contributed by atoms with Crippen molar-refractivity contribution in [2.24, 2.45) is 0 Å². The van der Waals surface area contributed by atoms with E-state index in [2.05, 4.69) is 15.3 Å². The molecule has 0 saturated carbocycles. The summed E-state index contributed by atoms with van der Waals surface area (Å²) in [6.45, 7) is 1.37. The highest BCUT2D eigenvalue weighted by Crippen LogP contribution is 2.21. The van der Waals surface area contributed by atoms with Crippen LogP contribution < -0.4 is 5.32 Å². The summed E-state index contributed by atoms with van der Waals surface area (Å²) in [5, 5.41) is 2.84. The van der Waals surface area contributed by atoms with Crippen LogP contribution in [0.2, 0.25) is 0 Å². The molecule has 2 aromatic heterocycles. The second-order valence-corrected chi connectivity index (χ2v) is 6.44. The zero-order valence-electron chi connectivity index (χ0n) is 11.0. The molecular weight excluding hydrogens is 278 g/mol. The minimum atomic E-state index is -3.52. The van der Waals surface area contributed by atoms with E-state index in [9.17, 15) is 8.42 Å². The number of imidazole rings is 1. The quantitative estimate of drug-likeness (QED) is 0.892. The first-order valence-corrected chi connectivity index (χ1v) is 7.69. The van der Waals surface area contributed by atoms with Gasteiger partial charge in [0.15, 0.2) is 0 Å². The SMILES string of the molecule is CNc1cc(S(=O)(=O)N2CCn3ccnc3C2)ccn1. The van der Waals surface area contributed by atoms with E-state index < -0.39 is 10.0 Å². The Labute approximate surface area is 117 Å². The van der Waals surface area contributed by atoms with E-state index in [1.807, 2.05) is 10.8 Å². The fraction of sp³-hybridized carbons (Fsp3) is 0.333. The highest BCUT2D eigenvalue weighted by atomic mass is 32.2. The second-order valence-electron chi connectivity index (χ2n) is 4.50. The summed E-state index contributed by atoms with van der Waals surface area (Å²) in [5.74, 6) is 1.30. The predicted molar refractivity (Wildman–Crippen MR) is 73.6 cm³/mol. The molecule has 1 aliphatic heterocycles. The Bertz CT molecular complexity index is 725. The van der Waals surface area contributed by atoms with E-state index >= 15 is 0 Å². The van der Waals surface area contributed by atoms with Gasteiger partial charge >= 0.3 is 0 Å². The number of nitrogens with zero attached hydrogens (tertiary/aromatic N) is 4. The highest BCUT2D eigenvalue weighted by molar-refractivity contribution is 7.89. The fourth-order valence-electron chi connectivity index (χ4n) is 2.21. The van der Waals surface area contributed by atoms with Gasteiger partial charge in [-0.05, 0) is 6.07 Å². The topological polar surface area (TPSA) is 80.1 Å². The van der Waals surface area contributed by atoms with Gasteiger partial charge < -0.3 is 9.88 Å². The van der Waals surface area contributed by atoms with E-state index in [0.717, 1.165) is 5.82 Å². The smallest absolute Gasteiger partial charge is 0.243 e. The Hall–Kier alpha value is -1.93. The molecule has 20 heavy (non-hydrogen) atoms. The monoisotopic (exact) mass is 293 g/mol. The zero-order valence-corrected chi connectivity index (χ0v) is 11.8. The van der Waals surface area contributed by atoms with Crippen molar-refractivity contribution >= 4 is 15.8 Å². The largest absolute Gasteiger partial charge is 0.373 e. The van der Waals surface area contributed by atoms with Gasteiger partial charge in [-0.25, -0.2) is 18.4 Å². The molecule has 1 N–H and O–H groups in total. The predicted octanol–water partition coefficient (Wildman–Crippen LogP) is 0.524. The summed E-state index contributed by atoms with van der Waals surface area (Å²) in [5.41, 5.74) is 0. The minimum absolute atomic E-state index is 0.247. The molecule has 1 aliphatic rings. The number of nitrogens with one attached hydrogen (secondary N) is 1. The van der Waals surface area contributed by atoms with Crippen LogP contribution in [0.1, 0.15) is 5.82 Å². The van der Waals surface area contributed by atoms with Gasteiger partial charge in [0.25, 0.3) is 0 Å². The lowest BCUT2D eigenvalue weighted by Gasteiger charge is -2.27. The molecule has 0 aromatic carbocycles. The lowest BCUT2D eigenvalue weighted by atomic mass is 10.4. The van der Waals surface area contributed by atoms with Crippen LogP contribution in [0.25, 0.3) is 0 Å². The summed E-state index contributed by atoms with van der Waals surface area (Å²) in [4.78, 5) is 8.46. The van der Waals surface area contributed by atoms with Gasteiger partial charge in [-0.3, -0.25) is 0 Å². The standard InChI is InChI=1S/C12H15N5O2S/c1-13-11-8-10(2-3-14-11)20(18,19)17-7-6-16-5-4-15-12(16)9-17/h2-5,8H,6-7,9H2,1H3,(H,13,14). The summed E-state index contributed by atoms with van der Waals surface area (Å²) in [7, 11) is -1.81. The van der Waals surface area contributed by atoms with Gasteiger partial charge in [0, 0.05) is 44.8 Å². The third kappa shape index (κ3) is 2.16. The van der Waals surface area contributed by atoms with Crippen LogP contribution in [0.4, 0.5) is 5.82 Å². The maximum absolute atomic E-state index is 12.6. The van der Waals surface area contributed by atoms with E-state index in [4.69, 9.17) is 0 Å². The number of fused-ring (bicyclic) bond motifs is 1. The van der Waals surface area contributed by atoms with Crippen LogP contribution in [0.3, 0.4) is 0 Å². The van der Waals surface area contributed by atoms with E-state index in [0.29, 0.717) is 25.5 Å². The van der Waals surface area contributed by atoms with Crippen LogP contribution in [-0.2, 0) is 23.1 Å². The van der Waals surface area contributed by atoms with E-state index in [-0.39, 0.29) is 4.90 Å². The highest BCUT2D eigenvalue weighted by Gasteiger charge is 2.29. The van der Waals surface area contributed by atoms with Gasteiger partial charge in [-0.15, -0.1) is 0 Å². The average Bonchev–Trinajstić information content (AvgIpc) is 2.94. The van der Waals surface area contributed by atoms with Gasteiger partial charge in [0.2, 0.25) is 10.0 Å². The molecule has 0 spiro atoms. The lowest BCUT2D eigenvalue weighted by molar-refractivity contribution is 0.335. The zero-order chi connectivity index (χ0) is 14.2. The Morgan fingerprint density at radius 3 is 2.90 bits per heavy atom. The number of anilines is 1. The van der Waals surface area contributed by atoms with Crippen LogP contribution >= 0.6 is 0 Å². The van der Waals surface area contributed by atoms with Crippen LogP contribution in [0.5, 0.6) is 0 Å². The third-order valence-corrected chi connectivity index (χ3v) is 5.18. The molecule has 0 fully saturated rings. The maximum atomic E-state index is 12.6. The van der Waals surface area contributed by atoms with Gasteiger partial charge in [0.1, 0.15) is 11.6 Å². The van der Waals surface area contributed by atoms with Gasteiger partial charge in [0.05, 0.1) is 11.4 Å². The minimum Gasteiger partial charge on any atom is -0.373 e. The van der Waals surface area contributed by atoms with Crippen molar-refractivity contribution < 1.29 is 8.42 Å². The molecule has 0 amide bonds. The van der Waals surface area contributed by atoms with Crippen molar-refractivity contribution in [2.75, 3.05) is 18.9 Å². The first kappa shape index (κ1) is 13.1. The van der Waals surface area contributed by atoms with Crippen molar-refractivity contribution in [2.45, 2.75) is 18.0 Å². The summed E-state index contributed by atoms with van der Waals surface area (Å²) >= 11 is 0. The molecule has 0 unspecified atom stereocenters. The fourth-order valence-corrected chi connectivity index (χ4v) is 3.61. The van der Waals surface area contributed by atoms with E-state index in [1.165, 1.54) is 22.6 Å². The molecule has 7 nitrogen and oxygen atoms in total. The molecule has 0 bridgehead atoms. The molecule has 0 saturated heterocycles. The van der Waals surface area contributed by atoms with Crippen molar-refractivity contribution in [3.63, 3.8) is 0 Å². The van der Waals surface area contributed by atoms with Crippen molar-refractivity contribution in [3.8, 4) is 0 Å². The molecule has 2 aromatic rings. The van der Waals surface area contributed by atoms with Crippen LogP contribution in [-0.4, -0.2) is 40.9 Å². The number of hydrogen-bond acceptors (Lipinski definition) is 5. The molecule has 0 radical (unpaired) electrons. The Balaban J connectivity index is 1.93. The Morgan fingerprint density at radius 2 is 2.10 bits per heavy atom.